The van der Waals surface area contributed by atoms with E-state index in [1.165, 1.54) is 6.92 Å². The number of hydrogen-bond acceptors (Lipinski definition) is 3. The molecule has 1 N–H and O–H groups in total. The van der Waals surface area contributed by atoms with Crippen LogP contribution in [0.25, 0.3) is 0 Å². The SMILES string of the molecule is COc1ccc(CN(CCC(=O)Nc2ccc(Cl)cc2C)C(C)=O)cc1. The molecule has 0 spiro atoms. The minimum Gasteiger partial charge on any atom is -0.497 e. The average Bonchev–Trinajstić information content (AvgIpc) is 2.61. The van der Waals surface area contributed by atoms with Gasteiger partial charge in [0, 0.05) is 37.1 Å². The zero-order valence-electron chi connectivity index (χ0n) is 15.2. The molecule has 0 saturated carbocycles. The molecule has 0 saturated heterocycles. The van der Waals surface area contributed by atoms with Gasteiger partial charge in [-0.25, -0.2) is 0 Å². The molecule has 0 unspecified atom stereocenters. The van der Waals surface area contributed by atoms with E-state index in [-0.39, 0.29) is 18.2 Å². The van der Waals surface area contributed by atoms with Gasteiger partial charge in [0.05, 0.1) is 7.11 Å². The van der Waals surface area contributed by atoms with Gasteiger partial charge in [-0.3, -0.25) is 9.59 Å². The topological polar surface area (TPSA) is 58.6 Å². The summed E-state index contributed by atoms with van der Waals surface area (Å²) in [6.07, 6.45) is 0.220. The molecule has 6 heteroatoms. The summed E-state index contributed by atoms with van der Waals surface area (Å²) in [7, 11) is 1.61. The Morgan fingerprint density at radius 1 is 1.15 bits per heavy atom. The van der Waals surface area contributed by atoms with Gasteiger partial charge in [0.15, 0.2) is 0 Å². The van der Waals surface area contributed by atoms with Crippen molar-refractivity contribution in [3.63, 3.8) is 0 Å². The molecule has 2 aromatic rings. The molecular formula is C20H23ClN2O3. The number of ether oxygens (including phenoxy) is 1. The van der Waals surface area contributed by atoms with E-state index in [0.29, 0.717) is 18.1 Å². The number of methoxy groups -OCH3 is 1. The lowest BCUT2D eigenvalue weighted by Crippen LogP contribution is -2.31. The number of amides is 2. The molecule has 0 aliphatic rings. The summed E-state index contributed by atoms with van der Waals surface area (Å²) >= 11 is 5.92. The quantitative estimate of drug-likeness (QED) is 0.795. The molecule has 0 aliphatic carbocycles. The van der Waals surface area contributed by atoms with Crippen LogP contribution in [-0.2, 0) is 16.1 Å². The van der Waals surface area contributed by atoms with Gasteiger partial charge in [-0.15, -0.1) is 0 Å². The Hall–Kier alpha value is -2.53. The maximum atomic E-state index is 12.2. The number of anilines is 1. The van der Waals surface area contributed by atoms with Crippen LogP contribution in [0.1, 0.15) is 24.5 Å². The zero-order valence-corrected chi connectivity index (χ0v) is 16.0. The first-order valence-corrected chi connectivity index (χ1v) is 8.71. The minimum atomic E-state index is -0.142. The van der Waals surface area contributed by atoms with Crippen LogP contribution in [0.4, 0.5) is 5.69 Å². The van der Waals surface area contributed by atoms with Crippen LogP contribution in [0.5, 0.6) is 5.75 Å². The number of benzene rings is 2. The Morgan fingerprint density at radius 2 is 1.85 bits per heavy atom. The molecule has 2 aromatic carbocycles. The zero-order chi connectivity index (χ0) is 19.1. The van der Waals surface area contributed by atoms with Crippen molar-refractivity contribution in [2.24, 2.45) is 0 Å². The van der Waals surface area contributed by atoms with Crippen molar-refractivity contribution >= 4 is 29.1 Å². The minimum absolute atomic E-state index is 0.0729. The van der Waals surface area contributed by atoms with Crippen LogP contribution >= 0.6 is 11.6 Å². The second kappa shape index (κ2) is 9.25. The molecule has 0 radical (unpaired) electrons. The van der Waals surface area contributed by atoms with E-state index >= 15 is 0 Å². The second-order valence-corrected chi connectivity index (χ2v) is 6.48. The van der Waals surface area contributed by atoms with Gasteiger partial charge in [0.1, 0.15) is 5.75 Å². The third-order valence-corrected chi connectivity index (χ3v) is 4.28. The van der Waals surface area contributed by atoms with Crippen LogP contribution < -0.4 is 10.1 Å². The van der Waals surface area contributed by atoms with E-state index in [2.05, 4.69) is 5.32 Å². The lowest BCUT2D eigenvalue weighted by Gasteiger charge is -2.21. The Morgan fingerprint density at radius 3 is 2.42 bits per heavy atom. The van der Waals surface area contributed by atoms with E-state index in [1.54, 1.807) is 30.2 Å². The predicted molar refractivity (Wildman–Crippen MR) is 104 cm³/mol. The first-order valence-electron chi connectivity index (χ1n) is 8.33. The average molecular weight is 375 g/mol. The molecule has 0 atom stereocenters. The summed E-state index contributed by atoms with van der Waals surface area (Å²) in [6, 6.07) is 12.8. The Kier molecular flexibility index (Phi) is 7.04. The number of nitrogens with zero attached hydrogens (tertiary/aromatic N) is 1. The van der Waals surface area contributed by atoms with Gasteiger partial charge in [0.2, 0.25) is 11.8 Å². The summed E-state index contributed by atoms with van der Waals surface area (Å²) in [5, 5.41) is 3.49. The second-order valence-electron chi connectivity index (χ2n) is 6.05. The van der Waals surface area contributed by atoms with Gasteiger partial charge in [-0.1, -0.05) is 23.7 Å². The lowest BCUT2D eigenvalue weighted by molar-refractivity contribution is -0.129. The molecule has 0 heterocycles. The molecule has 138 valence electrons. The summed E-state index contributed by atoms with van der Waals surface area (Å²) in [4.78, 5) is 25.8. The molecule has 26 heavy (non-hydrogen) atoms. The van der Waals surface area contributed by atoms with Gasteiger partial charge in [-0.05, 0) is 48.4 Å². The Balaban J connectivity index is 1.92. The first kappa shape index (κ1) is 19.8. The van der Waals surface area contributed by atoms with E-state index in [4.69, 9.17) is 16.3 Å². The smallest absolute Gasteiger partial charge is 0.226 e. The summed E-state index contributed by atoms with van der Waals surface area (Å²) < 4.78 is 5.13. The van der Waals surface area contributed by atoms with E-state index < -0.39 is 0 Å². The van der Waals surface area contributed by atoms with Crippen molar-refractivity contribution in [2.45, 2.75) is 26.8 Å². The number of halogens is 1. The van der Waals surface area contributed by atoms with Crippen molar-refractivity contribution in [2.75, 3.05) is 19.0 Å². The molecule has 0 bridgehead atoms. The van der Waals surface area contributed by atoms with Gasteiger partial charge in [0.25, 0.3) is 0 Å². The monoisotopic (exact) mass is 374 g/mol. The van der Waals surface area contributed by atoms with Gasteiger partial charge in [-0.2, -0.15) is 0 Å². The number of carbonyl (C=O) groups is 2. The number of aryl methyl sites for hydroxylation is 1. The van der Waals surface area contributed by atoms with E-state index in [1.807, 2.05) is 31.2 Å². The van der Waals surface area contributed by atoms with Gasteiger partial charge < -0.3 is 15.0 Å². The van der Waals surface area contributed by atoms with Crippen LogP contribution in [0.2, 0.25) is 5.02 Å². The number of rotatable bonds is 7. The highest BCUT2D eigenvalue weighted by Crippen LogP contribution is 2.20. The molecule has 5 nitrogen and oxygen atoms in total. The fourth-order valence-electron chi connectivity index (χ4n) is 2.52. The fourth-order valence-corrected chi connectivity index (χ4v) is 2.74. The third kappa shape index (κ3) is 5.77. The molecule has 0 aromatic heterocycles. The first-order chi connectivity index (χ1) is 12.4. The fraction of sp³-hybridized carbons (Fsp3) is 0.300. The summed E-state index contributed by atoms with van der Waals surface area (Å²) in [5.74, 6) is 0.550. The van der Waals surface area contributed by atoms with Crippen molar-refractivity contribution in [3.05, 3.63) is 58.6 Å². The standard InChI is InChI=1S/C20H23ClN2O3/c1-14-12-17(21)6-9-19(14)22-20(25)10-11-23(15(2)24)13-16-4-7-18(26-3)8-5-16/h4-9,12H,10-11,13H2,1-3H3,(H,22,25). The molecular weight excluding hydrogens is 352 g/mol. The van der Waals surface area contributed by atoms with Gasteiger partial charge >= 0.3 is 0 Å². The van der Waals surface area contributed by atoms with Crippen LogP contribution in [-0.4, -0.2) is 30.4 Å². The maximum absolute atomic E-state index is 12.2. The van der Waals surface area contributed by atoms with E-state index in [0.717, 1.165) is 22.6 Å². The number of nitrogens with one attached hydrogen (secondary N) is 1. The van der Waals surface area contributed by atoms with Crippen LogP contribution in [0, 0.1) is 6.92 Å². The van der Waals surface area contributed by atoms with Crippen molar-refractivity contribution in [1.82, 2.24) is 4.90 Å². The number of hydrogen-bond donors (Lipinski definition) is 1. The summed E-state index contributed by atoms with van der Waals surface area (Å²) in [5.41, 5.74) is 2.60. The van der Waals surface area contributed by atoms with E-state index in [9.17, 15) is 9.59 Å². The molecule has 2 amide bonds. The highest BCUT2D eigenvalue weighted by atomic mass is 35.5. The Labute approximate surface area is 158 Å². The molecule has 0 aliphatic heterocycles. The largest absolute Gasteiger partial charge is 0.497 e. The highest BCUT2D eigenvalue weighted by molar-refractivity contribution is 6.30. The lowest BCUT2D eigenvalue weighted by atomic mass is 10.2. The van der Waals surface area contributed by atoms with Crippen molar-refractivity contribution in [3.8, 4) is 5.75 Å². The number of carbonyl (C=O) groups excluding carboxylic acids is 2. The maximum Gasteiger partial charge on any atom is 0.226 e. The summed E-state index contributed by atoms with van der Waals surface area (Å²) in [6.45, 7) is 4.18. The van der Waals surface area contributed by atoms with Crippen LogP contribution in [0.3, 0.4) is 0 Å². The third-order valence-electron chi connectivity index (χ3n) is 4.05. The normalized spacial score (nSPS) is 10.3. The molecule has 0 fully saturated rings. The predicted octanol–water partition coefficient (Wildman–Crippen LogP) is 4.03. The molecule has 2 rings (SSSR count). The van der Waals surface area contributed by atoms with Crippen molar-refractivity contribution < 1.29 is 14.3 Å². The Bertz CT molecular complexity index is 775. The van der Waals surface area contributed by atoms with Crippen molar-refractivity contribution in [1.29, 1.82) is 0 Å². The highest BCUT2D eigenvalue weighted by Gasteiger charge is 2.13. The van der Waals surface area contributed by atoms with Crippen LogP contribution in [0.15, 0.2) is 42.5 Å².